The number of fused-ring (bicyclic) bond motifs is 3. The molecule has 4 heterocycles. The van der Waals surface area contributed by atoms with Crippen LogP contribution in [0.3, 0.4) is 0 Å². The van der Waals surface area contributed by atoms with Crippen molar-refractivity contribution in [2.24, 2.45) is 5.92 Å². The van der Waals surface area contributed by atoms with E-state index in [1.54, 1.807) is 0 Å². The summed E-state index contributed by atoms with van der Waals surface area (Å²) in [7, 11) is -2.69. The van der Waals surface area contributed by atoms with Crippen LogP contribution in [-0.2, 0) is 35.3 Å². The number of methoxy groups -OCH3 is 1. The summed E-state index contributed by atoms with van der Waals surface area (Å²) in [6, 6.07) is 1.57. The second-order valence-electron chi connectivity index (χ2n) is 15.1. The molecule has 3 N–H and O–H groups in total. The number of alkyl carbamates (subject to hydrolysis) is 1. The molecule has 0 radical (unpaired) electrons. The van der Waals surface area contributed by atoms with Gasteiger partial charge in [-0.3, -0.25) is 0 Å². The van der Waals surface area contributed by atoms with E-state index in [9.17, 15) is 40.8 Å². The Morgan fingerprint density at radius 3 is 2.55 bits per heavy atom. The molecule has 0 bridgehead atoms. The number of ether oxygens (including phenoxy) is 3. The summed E-state index contributed by atoms with van der Waals surface area (Å²) in [5.41, 5.74) is -1.45. The number of nitrogens with one attached hydrogen (secondary N) is 3. The van der Waals surface area contributed by atoms with Gasteiger partial charge in [0, 0.05) is 0 Å². The summed E-state index contributed by atoms with van der Waals surface area (Å²) in [6.07, 6.45) is -0.289. The van der Waals surface area contributed by atoms with E-state index in [1.807, 2.05) is 26.0 Å². The first-order valence-electron chi connectivity index (χ1n) is 18.4. The van der Waals surface area contributed by atoms with Gasteiger partial charge in [-0.25, -0.2) is 0 Å². The van der Waals surface area contributed by atoms with Crippen LogP contribution in [-0.4, -0.2) is 97.8 Å². The van der Waals surface area contributed by atoms with Crippen molar-refractivity contribution in [3.63, 3.8) is 0 Å². The standard InChI is InChI=1S/C36H45F3IN6O9S/c1-20(2)19-54-33(50)43-24-10-8-6-5-7-9-11-27-35(40-27,32(49)45-56(51,52)34(3)14-15-34)44-29(47)26-17-22(18-46(26)31(24)48)55-30-28(36(37,38)39)41-23-13-12-21(53-4)16-25(23)42-30/h9,11-13,16,20,22,24,26-27H,5-8,10,14-15,17-19H2,1-4H3,(H,43,50)(H,44,47)(H,45,49)/q-1/b11-9-/t22-,24+,26+,27+,35-/m1/s1. The normalized spacial score (nSPS) is 27.3. The van der Waals surface area contributed by atoms with Crippen LogP contribution in [0.4, 0.5) is 18.0 Å². The van der Waals surface area contributed by atoms with Crippen molar-refractivity contribution in [3.05, 3.63) is 36.0 Å². The van der Waals surface area contributed by atoms with Gasteiger partial charge in [0.2, 0.25) is 0 Å². The Balaban J connectivity index is 1.34. The minimum absolute atomic E-state index is 0.00332. The number of benzene rings is 1. The third kappa shape index (κ3) is 9.10. The van der Waals surface area contributed by atoms with Gasteiger partial charge in [-0.2, -0.15) is 0 Å². The van der Waals surface area contributed by atoms with E-state index in [1.165, 1.54) is 32.2 Å². The average Bonchev–Trinajstić information content (AvgIpc) is 4.01. The van der Waals surface area contributed by atoms with Crippen LogP contribution < -0.4 is 46.0 Å². The number of halogens is 4. The molecular weight excluding hydrogens is 876 g/mol. The van der Waals surface area contributed by atoms with Crippen LogP contribution in [0.2, 0.25) is 0 Å². The SMILES string of the molecule is COc1ccc2nc(C(F)(F)F)c(O[C@@H]3C[C@H]4C(=O)N[C@]5(C(=O)NS(=O)(=O)C6(C)CC6)[I-][C@H]5/C=C\CCCCC[C@H](NC(=O)OCC(C)C)C(=O)N4C3)nc2c1. The molecule has 20 heteroatoms. The van der Waals surface area contributed by atoms with Gasteiger partial charge >= 0.3 is 302 Å². The molecule has 15 nitrogen and oxygen atoms in total. The molecule has 1 aliphatic carbocycles. The first kappa shape index (κ1) is 41.7. The monoisotopic (exact) mass is 921 g/mol. The number of alkyl halides is 5. The molecule has 0 spiro atoms. The quantitative estimate of drug-likeness (QED) is 0.138. The predicted octanol–water partition coefficient (Wildman–Crippen LogP) is 0.559. The zero-order valence-corrected chi connectivity index (χ0v) is 34.3. The number of carbonyl (C=O) groups is 4. The molecule has 5 atom stereocenters. The second-order valence-corrected chi connectivity index (χ2v) is 20.9. The van der Waals surface area contributed by atoms with Crippen LogP contribution in [0.1, 0.15) is 77.8 Å². The number of nitrogens with zero attached hydrogens (tertiary/aromatic N) is 3. The van der Waals surface area contributed by atoms with Crippen LogP contribution >= 0.6 is 0 Å². The van der Waals surface area contributed by atoms with Crippen LogP contribution in [0.5, 0.6) is 11.6 Å². The Morgan fingerprint density at radius 1 is 1.12 bits per heavy atom. The Bertz CT molecular complexity index is 2010. The maximum atomic E-state index is 14.4. The number of sulfonamides is 1. The number of rotatable bonds is 9. The van der Waals surface area contributed by atoms with Gasteiger partial charge in [-0.05, 0) is 6.07 Å². The summed E-state index contributed by atoms with van der Waals surface area (Å²) in [4.78, 5) is 64.4. The topological polar surface area (TPSA) is 195 Å². The van der Waals surface area contributed by atoms with Crippen LogP contribution in [0.25, 0.3) is 11.0 Å². The van der Waals surface area contributed by atoms with E-state index in [2.05, 4.69) is 25.3 Å². The molecule has 1 saturated carbocycles. The maximum absolute atomic E-state index is 14.4. The Hall–Kier alpha value is -3.95. The molecule has 2 aromatic rings. The number of amides is 4. The van der Waals surface area contributed by atoms with Gasteiger partial charge in [-0.15, -0.1) is 0 Å². The van der Waals surface area contributed by atoms with E-state index in [4.69, 9.17) is 14.2 Å². The molecule has 2 saturated heterocycles. The molecule has 1 aromatic heterocycles. The molecule has 56 heavy (non-hydrogen) atoms. The molecule has 3 aliphatic heterocycles. The van der Waals surface area contributed by atoms with E-state index in [0.717, 1.165) is 4.90 Å². The van der Waals surface area contributed by atoms with Crippen LogP contribution in [0.15, 0.2) is 30.4 Å². The van der Waals surface area contributed by atoms with Gasteiger partial charge in [0.1, 0.15) is 0 Å². The zero-order chi connectivity index (χ0) is 40.6. The Morgan fingerprint density at radius 2 is 1.88 bits per heavy atom. The fourth-order valence-electron chi connectivity index (χ4n) is 6.51. The van der Waals surface area contributed by atoms with E-state index in [0.29, 0.717) is 44.3 Å². The predicted molar refractivity (Wildman–Crippen MR) is 190 cm³/mol. The Labute approximate surface area is 332 Å². The third-order valence-electron chi connectivity index (χ3n) is 10.1. The number of carbonyl (C=O) groups excluding carboxylic acids is 4. The summed E-state index contributed by atoms with van der Waals surface area (Å²) in [6.45, 7) is 4.89. The molecular formula is C36H45F3IN6O9S-. The second kappa shape index (κ2) is 16.1. The Kier molecular flexibility index (Phi) is 12.0. The summed E-state index contributed by atoms with van der Waals surface area (Å²) >= 11 is -1.16. The van der Waals surface area contributed by atoms with Gasteiger partial charge in [0.15, 0.2) is 0 Å². The third-order valence-corrected chi connectivity index (χ3v) is 16.0. The first-order chi connectivity index (χ1) is 26.4. The van der Waals surface area contributed by atoms with Crippen LogP contribution in [0, 0.1) is 5.92 Å². The van der Waals surface area contributed by atoms with Crippen molar-refractivity contribution >= 4 is 44.9 Å². The molecule has 4 aliphatic rings. The van der Waals surface area contributed by atoms with Crippen molar-refractivity contribution in [3.8, 4) is 11.6 Å². The first-order valence-corrected chi connectivity index (χ1v) is 22.2. The van der Waals surface area contributed by atoms with Gasteiger partial charge in [0.05, 0.1) is 7.11 Å². The van der Waals surface area contributed by atoms with Gasteiger partial charge in [0.25, 0.3) is 0 Å². The van der Waals surface area contributed by atoms with Crippen molar-refractivity contribution in [2.45, 2.75) is 109 Å². The number of hydrogen-bond acceptors (Lipinski definition) is 11. The number of hydrogen-bond donors (Lipinski definition) is 3. The average molecular weight is 922 g/mol. The van der Waals surface area contributed by atoms with Crippen molar-refractivity contribution in [2.75, 3.05) is 20.3 Å². The molecule has 0 unspecified atom stereocenters. The van der Waals surface area contributed by atoms with E-state index in [-0.39, 0.29) is 36.4 Å². The molecule has 3 fully saturated rings. The fraction of sp³-hybridized carbons (Fsp3) is 0.611. The van der Waals surface area contributed by atoms with Crippen molar-refractivity contribution in [1.29, 1.82) is 0 Å². The molecule has 308 valence electrons. The summed E-state index contributed by atoms with van der Waals surface area (Å²) < 4.78 is 84.7. The number of aromatic nitrogens is 2. The van der Waals surface area contributed by atoms with Crippen molar-refractivity contribution < 1.29 is 76.2 Å². The summed E-state index contributed by atoms with van der Waals surface area (Å²) in [5, 5.41) is 5.38. The van der Waals surface area contributed by atoms with Gasteiger partial charge < -0.3 is 4.74 Å². The number of allylic oxidation sites excluding steroid dienone is 1. The van der Waals surface area contributed by atoms with Gasteiger partial charge in [-0.1, -0.05) is 13.8 Å². The summed E-state index contributed by atoms with van der Waals surface area (Å²) in [5.74, 6) is -2.97. The van der Waals surface area contributed by atoms with E-state index < -0.39 is 110 Å². The molecule has 6 rings (SSSR count). The van der Waals surface area contributed by atoms with E-state index >= 15 is 0 Å². The molecule has 1 aromatic carbocycles. The minimum atomic E-state index is -4.99. The van der Waals surface area contributed by atoms with Crippen molar-refractivity contribution in [1.82, 2.24) is 30.2 Å². The zero-order valence-electron chi connectivity index (χ0n) is 31.3. The fourth-order valence-corrected chi connectivity index (χ4v) is 10.8. The molecule has 4 amide bonds.